The topological polar surface area (TPSA) is 80.9 Å². The molecule has 0 amide bonds. The first kappa shape index (κ1) is 10.4. The van der Waals surface area contributed by atoms with E-state index in [9.17, 15) is 9.59 Å². The average Bonchev–Trinajstić information content (AvgIpc) is 2.64. The van der Waals surface area contributed by atoms with E-state index in [-0.39, 0.29) is 5.56 Å². The second-order valence-electron chi connectivity index (χ2n) is 3.37. The van der Waals surface area contributed by atoms with Crippen LogP contribution in [-0.4, -0.2) is 14.7 Å². The highest BCUT2D eigenvalue weighted by Gasteiger charge is 2.09. The summed E-state index contributed by atoms with van der Waals surface area (Å²) in [6.45, 7) is 3.80. The van der Waals surface area contributed by atoms with Crippen molar-refractivity contribution in [2.75, 3.05) is 0 Å². The molecule has 2 rings (SSSR count). The van der Waals surface area contributed by atoms with Crippen LogP contribution in [-0.2, 0) is 6.54 Å². The van der Waals surface area contributed by atoms with Crippen molar-refractivity contribution in [3.63, 3.8) is 0 Å². The number of H-pyrrole nitrogens is 1. The SMILES string of the molecule is CCn1c(=O)cc(-c2cnoc2C)[nH]c1=O. The van der Waals surface area contributed by atoms with E-state index in [4.69, 9.17) is 4.52 Å². The fraction of sp³-hybridized carbons (Fsp3) is 0.300. The van der Waals surface area contributed by atoms with Gasteiger partial charge < -0.3 is 9.51 Å². The fourth-order valence-electron chi connectivity index (χ4n) is 1.52. The normalized spacial score (nSPS) is 10.6. The highest BCUT2D eigenvalue weighted by atomic mass is 16.5. The molecule has 0 bridgehead atoms. The summed E-state index contributed by atoms with van der Waals surface area (Å²) in [5.74, 6) is 0.560. The van der Waals surface area contributed by atoms with Crippen LogP contribution in [0.1, 0.15) is 12.7 Å². The molecule has 6 heteroatoms. The number of hydrogen-bond donors (Lipinski definition) is 1. The van der Waals surface area contributed by atoms with Gasteiger partial charge in [0.25, 0.3) is 5.56 Å². The molecule has 0 atom stereocenters. The molecule has 1 N–H and O–H groups in total. The smallest absolute Gasteiger partial charge is 0.328 e. The van der Waals surface area contributed by atoms with Gasteiger partial charge in [0.2, 0.25) is 0 Å². The summed E-state index contributed by atoms with van der Waals surface area (Å²) in [6, 6.07) is 1.37. The number of hydrogen-bond acceptors (Lipinski definition) is 4. The summed E-state index contributed by atoms with van der Waals surface area (Å²) >= 11 is 0. The van der Waals surface area contributed by atoms with Gasteiger partial charge in [0.15, 0.2) is 0 Å². The zero-order valence-electron chi connectivity index (χ0n) is 8.98. The maximum atomic E-state index is 11.6. The standard InChI is InChI=1S/C10H11N3O3/c1-3-13-9(14)4-8(12-10(13)15)7-5-11-16-6(7)2/h4-5H,3H2,1-2H3,(H,12,15). The van der Waals surface area contributed by atoms with Crippen LogP contribution in [0, 0.1) is 6.92 Å². The molecule has 16 heavy (non-hydrogen) atoms. The van der Waals surface area contributed by atoms with Crippen molar-refractivity contribution in [1.29, 1.82) is 0 Å². The Balaban J connectivity index is 2.66. The number of aromatic amines is 1. The molecule has 2 heterocycles. The minimum absolute atomic E-state index is 0.332. The molecule has 6 nitrogen and oxygen atoms in total. The van der Waals surface area contributed by atoms with Gasteiger partial charge in [0.1, 0.15) is 5.76 Å². The highest BCUT2D eigenvalue weighted by Crippen LogP contribution is 2.17. The predicted molar refractivity (Wildman–Crippen MR) is 57.2 cm³/mol. The van der Waals surface area contributed by atoms with Gasteiger partial charge in [-0.25, -0.2) is 4.79 Å². The molecule has 0 spiro atoms. The highest BCUT2D eigenvalue weighted by molar-refractivity contribution is 5.58. The second-order valence-corrected chi connectivity index (χ2v) is 3.37. The Morgan fingerprint density at radius 2 is 2.25 bits per heavy atom. The molecule has 0 aliphatic rings. The Hall–Kier alpha value is -2.11. The van der Waals surface area contributed by atoms with Crippen LogP contribution in [0.4, 0.5) is 0 Å². The third-order valence-electron chi connectivity index (χ3n) is 2.38. The van der Waals surface area contributed by atoms with Crippen LogP contribution < -0.4 is 11.2 Å². The molecular weight excluding hydrogens is 210 g/mol. The molecule has 0 saturated carbocycles. The molecule has 84 valence electrons. The van der Waals surface area contributed by atoms with Gasteiger partial charge in [-0.15, -0.1) is 0 Å². The van der Waals surface area contributed by atoms with E-state index in [0.29, 0.717) is 23.6 Å². The largest absolute Gasteiger partial charge is 0.361 e. The van der Waals surface area contributed by atoms with Gasteiger partial charge in [0.05, 0.1) is 17.5 Å². The maximum Gasteiger partial charge on any atom is 0.328 e. The Morgan fingerprint density at radius 3 is 2.75 bits per heavy atom. The minimum Gasteiger partial charge on any atom is -0.361 e. The molecule has 0 aliphatic heterocycles. The quantitative estimate of drug-likeness (QED) is 0.801. The van der Waals surface area contributed by atoms with Gasteiger partial charge in [-0.3, -0.25) is 9.36 Å². The number of nitrogens with zero attached hydrogens (tertiary/aromatic N) is 2. The maximum absolute atomic E-state index is 11.6. The molecule has 2 aromatic rings. The van der Waals surface area contributed by atoms with Crippen LogP contribution >= 0.6 is 0 Å². The fourth-order valence-corrected chi connectivity index (χ4v) is 1.52. The Kier molecular flexibility index (Phi) is 2.47. The van der Waals surface area contributed by atoms with Crippen molar-refractivity contribution in [3.8, 4) is 11.3 Å². The van der Waals surface area contributed by atoms with Crippen molar-refractivity contribution in [2.45, 2.75) is 20.4 Å². The van der Waals surface area contributed by atoms with E-state index in [0.717, 1.165) is 4.57 Å². The lowest BCUT2D eigenvalue weighted by molar-refractivity contribution is 0.398. The molecule has 2 aromatic heterocycles. The molecule has 0 radical (unpaired) electrons. The summed E-state index contributed by atoms with van der Waals surface area (Å²) in [4.78, 5) is 25.8. The second kappa shape index (κ2) is 3.80. The number of nitrogens with one attached hydrogen (secondary N) is 1. The van der Waals surface area contributed by atoms with E-state index < -0.39 is 5.69 Å². The Labute approximate surface area is 90.5 Å². The zero-order chi connectivity index (χ0) is 11.7. The summed E-state index contributed by atoms with van der Waals surface area (Å²) < 4.78 is 5.99. The molecule has 0 saturated heterocycles. The van der Waals surface area contributed by atoms with Crippen molar-refractivity contribution >= 4 is 0 Å². The number of aromatic nitrogens is 3. The van der Waals surface area contributed by atoms with Gasteiger partial charge in [-0.2, -0.15) is 0 Å². The van der Waals surface area contributed by atoms with E-state index in [1.54, 1.807) is 13.8 Å². The van der Waals surface area contributed by atoms with Gasteiger partial charge in [0, 0.05) is 12.6 Å². The third-order valence-corrected chi connectivity index (χ3v) is 2.38. The summed E-state index contributed by atoms with van der Waals surface area (Å²) in [5, 5.41) is 3.59. The lowest BCUT2D eigenvalue weighted by atomic mass is 10.2. The first-order valence-corrected chi connectivity index (χ1v) is 4.89. The minimum atomic E-state index is -0.425. The first-order valence-electron chi connectivity index (χ1n) is 4.89. The Bertz CT molecular complexity index is 589. The average molecular weight is 221 g/mol. The lowest BCUT2D eigenvalue weighted by Crippen LogP contribution is -2.34. The molecule has 0 unspecified atom stereocenters. The summed E-state index contributed by atoms with van der Waals surface area (Å²) in [6.07, 6.45) is 1.47. The van der Waals surface area contributed by atoms with Crippen LogP contribution in [0.3, 0.4) is 0 Å². The molecule has 0 aromatic carbocycles. The van der Waals surface area contributed by atoms with Crippen molar-refractivity contribution < 1.29 is 4.52 Å². The van der Waals surface area contributed by atoms with Gasteiger partial charge in [-0.05, 0) is 13.8 Å². The number of aryl methyl sites for hydroxylation is 1. The van der Waals surface area contributed by atoms with E-state index in [1.165, 1.54) is 12.3 Å². The summed E-state index contributed by atoms with van der Waals surface area (Å²) in [5.41, 5.74) is 0.295. The predicted octanol–water partition coefficient (Wildman–Crippen LogP) is 0.520. The van der Waals surface area contributed by atoms with E-state index >= 15 is 0 Å². The zero-order valence-corrected chi connectivity index (χ0v) is 8.98. The monoisotopic (exact) mass is 221 g/mol. The summed E-state index contributed by atoms with van der Waals surface area (Å²) in [7, 11) is 0. The van der Waals surface area contributed by atoms with E-state index in [1.807, 2.05) is 0 Å². The molecule has 0 fully saturated rings. The van der Waals surface area contributed by atoms with Gasteiger partial charge in [-0.1, -0.05) is 5.16 Å². The number of rotatable bonds is 2. The van der Waals surface area contributed by atoms with Crippen molar-refractivity contribution in [1.82, 2.24) is 14.7 Å². The molecule has 0 aliphatic carbocycles. The van der Waals surface area contributed by atoms with Crippen molar-refractivity contribution in [3.05, 3.63) is 38.9 Å². The van der Waals surface area contributed by atoms with Crippen molar-refractivity contribution in [2.24, 2.45) is 0 Å². The first-order chi connectivity index (χ1) is 7.63. The Morgan fingerprint density at radius 1 is 1.50 bits per heavy atom. The van der Waals surface area contributed by atoms with Crippen LogP contribution in [0.15, 0.2) is 26.4 Å². The molecular formula is C10H11N3O3. The third kappa shape index (κ3) is 1.58. The van der Waals surface area contributed by atoms with Crippen LogP contribution in [0.25, 0.3) is 11.3 Å². The van der Waals surface area contributed by atoms with Crippen LogP contribution in [0.2, 0.25) is 0 Å². The lowest BCUT2D eigenvalue weighted by Gasteiger charge is -2.02. The van der Waals surface area contributed by atoms with Gasteiger partial charge >= 0.3 is 5.69 Å². The van der Waals surface area contributed by atoms with Crippen LogP contribution in [0.5, 0.6) is 0 Å². The van der Waals surface area contributed by atoms with E-state index in [2.05, 4.69) is 10.1 Å².